The molecule has 4 atom stereocenters. The molecule has 7 nitrogen and oxygen atoms in total. The van der Waals surface area contributed by atoms with Gasteiger partial charge in [0, 0.05) is 0 Å². The van der Waals surface area contributed by atoms with E-state index in [0.29, 0.717) is 5.75 Å². The number of hydrogen-bond acceptors (Lipinski definition) is 5. The number of rotatable bonds is 4. The molecule has 24 heavy (non-hydrogen) atoms. The van der Waals surface area contributed by atoms with Crippen molar-refractivity contribution in [2.45, 2.75) is 19.1 Å². The average molecular weight is 328 g/mol. The molecule has 3 aliphatic rings. The van der Waals surface area contributed by atoms with Crippen molar-refractivity contribution < 1.29 is 23.9 Å². The van der Waals surface area contributed by atoms with E-state index in [1.807, 2.05) is 19.1 Å². The third kappa shape index (κ3) is 2.28. The topological polar surface area (TPSA) is 84.9 Å². The zero-order valence-electron chi connectivity index (χ0n) is 13.0. The molecular weight excluding hydrogens is 312 g/mol. The highest BCUT2D eigenvalue weighted by atomic mass is 16.5. The molecule has 3 heterocycles. The van der Waals surface area contributed by atoms with Crippen LogP contribution in [0.15, 0.2) is 36.4 Å². The molecule has 2 fully saturated rings. The molecule has 3 aliphatic heterocycles. The van der Waals surface area contributed by atoms with Gasteiger partial charge in [0.15, 0.2) is 6.61 Å². The largest absolute Gasteiger partial charge is 0.484 e. The molecular formula is C17H16N2O5. The molecule has 4 rings (SSSR count). The standard InChI is InChI=1S/C17H16N2O5/c1-9-3-2-4-10(7-9)23-8-13(20)18-19-16(21)14-11-5-6-12(24-11)15(14)17(19)22/h2-7,11-12,14-15H,8H2,1H3,(H,18,20)/t11-,12-,14-,15-/m1/s1. The van der Waals surface area contributed by atoms with E-state index in [9.17, 15) is 14.4 Å². The molecule has 1 aromatic carbocycles. The van der Waals surface area contributed by atoms with Crippen molar-refractivity contribution in [3.63, 3.8) is 0 Å². The second-order valence-corrected chi connectivity index (χ2v) is 6.15. The van der Waals surface area contributed by atoms with Gasteiger partial charge in [0.1, 0.15) is 5.75 Å². The Labute approximate surface area is 138 Å². The van der Waals surface area contributed by atoms with Crippen LogP contribution in [0.2, 0.25) is 0 Å². The molecule has 7 heteroatoms. The van der Waals surface area contributed by atoms with Gasteiger partial charge < -0.3 is 9.47 Å². The highest BCUT2D eigenvalue weighted by Gasteiger charge is 2.61. The number of carbonyl (C=O) groups excluding carboxylic acids is 3. The summed E-state index contributed by atoms with van der Waals surface area (Å²) in [6.45, 7) is 1.63. The number of ether oxygens (including phenoxy) is 2. The number of carbonyl (C=O) groups is 3. The number of imide groups is 1. The van der Waals surface area contributed by atoms with Gasteiger partial charge in [-0.1, -0.05) is 24.3 Å². The highest BCUT2D eigenvalue weighted by Crippen LogP contribution is 2.44. The summed E-state index contributed by atoms with van der Waals surface area (Å²) in [6.07, 6.45) is 2.84. The van der Waals surface area contributed by atoms with Crippen LogP contribution in [-0.2, 0) is 19.1 Å². The fraction of sp³-hybridized carbons (Fsp3) is 0.353. The van der Waals surface area contributed by atoms with Gasteiger partial charge in [-0.2, -0.15) is 5.01 Å². The summed E-state index contributed by atoms with van der Waals surface area (Å²) in [5, 5.41) is 0.812. The van der Waals surface area contributed by atoms with E-state index in [0.717, 1.165) is 10.6 Å². The number of hydrogen-bond donors (Lipinski definition) is 1. The Balaban J connectivity index is 1.38. The number of benzene rings is 1. The molecule has 0 unspecified atom stereocenters. The summed E-state index contributed by atoms with van der Waals surface area (Å²) in [5.74, 6) is -1.93. The molecule has 0 aliphatic carbocycles. The number of amides is 3. The van der Waals surface area contributed by atoms with Crippen LogP contribution in [0.4, 0.5) is 0 Å². The number of fused-ring (bicyclic) bond motifs is 5. The van der Waals surface area contributed by atoms with Gasteiger partial charge in [-0.15, -0.1) is 0 Å². The van der Waals surface area contributed by atoms with E-state index < -0.39 is 29.6 Å². The van der Waals surface area contributed by atoms with Crippen molar-refractivity contribution >= 4 is 17.7 Å². The molecule has 2 saturated heterocycles. The summed E-state index contributed by atoms with van der Waals surface area (Å²) in [4.78, 5) is 36.8. The molecule has 0 saturated carbocycles. The molecule has 124 valence electrons. The summed E-state index contributed by atoms with van der Waals surface area (Å²) in [7, 11) is 0. The van der Waals surface area contributed by atoms with Crippen molar-refractivity contribution in [2.75, 3.05) is 6.61 Å². The predicted molar refractivity (Wildman–Crippen MR) is 81.5 cm³/mol. The SMILES string of the molecule is Cc1cccc(OCC(=O)NN2C(=O)[C@H]3[C@H](C2=O)[C@H]2C=C[C@H]3O2)c1. The first-order valence-corrected chi connectivity index (χ1v) is 7.75. The lowest BCUT2D eigenvalue weighted by Crippen LogP contribution is -2.49. The van der Waals surface area contributed by atoms with E-state index in [1.165, 1.54) is 0 Å². The maximum absolute atomic E-state index is 12.4. The van der Waals surface area contributed by atoms with Crippen LogP contribution in [0.25, 0.3) is 0 Å². The van der Waals surface area contributed by atoms with Crippen molar-refractivity contribution in [3.8, 4) is 5.75 Å². The summed E-state index contributed by atoms with van der Waals surface area (Å²) in [6, 6.07) is 7.26. The Morgan fingerprint density at radius 1 is 1.21 bits per heavy atom. The quantitative estimate of drug-likeness (QED) is 0.636. The highest BCUT2D eigenvalue weighted by molar-refractivity contribution is 6.07. The second kappa shape index (κ2) is 5.45. The maximum atomic E-state index is 12.4. The molecule has 2 bridgehead atoms. The fourth-order valence-corrected chi connectivity index (χ4v) is 3.42. The van der Waals surface area contributed by atoms with E-state index in [4.69, 9.17) is 9.47 Å². The maximum Gasteiger partial charge on any atom is 0.276 e. The predicted octanol–water partition coefficient (Wildman–Crippen LogP) is 0.343. The van der Waals surface area contributed by atoms with Crippen LogP contribution >= 0.6 is 0 Å². The summed E-state index contributed by atoms with van der Waals surface area (Å²) < 4.78 is 10.9. The zero-order chi connectivity index (χ0) is 16.8. The van der Waals surface area contributed by atoms with Crippen molar-refractivity contribution in [3.05, 3.63) is 42.0 Å². The minimum atomic E-state index is -0.556. The normalized spacial score (nSPS) is 30.0. The van der Waals surface area contributed by atoms with Gasteiger partial charge in [-0.05, 0) is 24.6 Å². The number of nitrogens with zero attached hydrogens (tertiary/aromatic N) is 1. The zero-order valence-corrected chi connectivity index (χ0v) is 13.0. The van der Waals surface area contributed by atoms with Crippen LogP contribution in [0.3, 0.4) is 0 Å². The van der Waals surface area contributed by atoms with E-state index in [2.05, 4.69) is 5.43 Å². The number of nitrogens with one attached hydrogen (secondary N) is 1. The fourth-order valence-electron chi connectivity index (χ4n) is 3.42. The van der Waals surface area contributed by atoms with Crippen LogP contribution in [0.5, 0.6) is 5.75 Å². The van der Waals surface area contributed by atoms with Gasteiger partial charge in [-0.3, -0.25) is 19.8 Å². The summed E-state index contributed by atoms with van der Waals surface area (Å²) in [5.41, 5.74) is 3.36. The lowest BCUT2D eigenvalue weighted by molar-refractivity contribution is -0.151. The minimum absolute atomic E-state index is 0.280. The monoisotopic (exact) mass is 328 g/mol. The van der Waals surface area contributed by atoms with Crippen molar-refractivity contribution in [1.29, 1.82) is 0 Å². The van der Waals surface area contributed by atoms with E-state index >= 15 is 0 Å². The number of aryl methyl sites for hydroxylation is 1. The molecule has 0 spiro atoms. The van der Waals surface area contributed by atoms with Crippen molar-refractivity contribution in [1.82, 2.24) is 10.4 Å². The third-order valence-electron chi connectivity index (χ3n) is 4.51. The summed E-state index contributed by atoms with van der Waals surface area (Å²) >= 11 is 0. The number of hydrazine groups is 1. The molecule has 1 aromatic rings. The average Bonchev–Trinajstić information content (AvgIpc) is 3.23. The first kappa shape index (κ1) is 14.9. The van der Waals surface area contributed by atoms with Gasteiger partial charge in [0.25, 0.3) is 17.7 Å². The van der Waals surface area contributed by atoms with Crippen LogP contribution in [-0.4, -0.2) is 41.5 Å². The molecule has 0 aromatic heterocycles. The minimum Gasteiger partial charge on any atom is -0.484 e. The first-order valence-electron chi connectivity index (χ1n) is 7.75. The molecule has 0 radical (unpaired) electrons. The lowest BCUT2D eigenvalue weighted by atomic mass is 9.85. The Kier molecular flexibility index (Phi) is 3.38. The smallest absolute Gasteiger partial charge is 0.276 e. The van der Waals surface area contributed by atoms with Gasteiger partial charge in [0.2, 0.25) is 0 Å². The molecule has 1 N–H and O–H groups in total. The van der Waals surface area contributed by atoms with E-state index in [1.54, 1.807) is 24.3 Å². The third-order valence-corrected chi connectivity index (χ3v) is 4.51. The Morgan fingerprint density at radius 2 is 1.88 bits per heavy atom. The first-order chi connectivity index (χ1) is 11.5. The Morgan fingerprint density at radius 3 is 2.50 bits per heavy atom. The van der Waals surface area contributed by atoms with Gasteiger partial charge >= 0.3 is 0 Å². The lowest BCUT2D eigenvalue weighted by Gasteiger charge is -2.18. The van der Waals surface area contributed by atoms with Crippen LogP contribution in [0.1, 0.15) is 5.56 Å². The van der Waals surface area contributed by atoms with Crippen LogP contribution < -0.4 is 10.2 Å². The molecule has 3 amide bonds. The Bertz CT molecular complexity index is 729. The van der Waals surface area contributed by atoms with Gasteiger partial charge in [0.05, 0.1) is 24.0 Å². The second-order valence-electron chi connectivity index (χ2n) is 6.15. The van der Waals surface area contributed by atoms with E-state index in [-0.39, 0.29) is 18.8 Å². The Hall–Kier alpha value is -2.67. The van der Waals surface area contributed by atoms with Crippen molar-refractivity contribution in [2.24, 2.45) is 11.8 Å². The van der Waals surface area contributed by atoms with Gasteiger partial charge in [-0.25, -0.2) is 0 Å². The van der Waals surface area contributed by atoms with Crippen LogP contribution in [0, 0.1) is 18.8 Å².